The van der Waals surface area contributed by atoms with Crippen molar-refractivity contribution in [2.75, 3.05) is 0 Å². The maximum atomic E-state index is 11.7. The van der Waals surface area contributed by atoms with E-state index in [-0.39, 0.29) is 5.16 Å². The molecule has 0 saturated heterocycles. The minimum atomic E-state index is -3.71. The molecule has 0 N–H and O–H groups in total. The summed E-state index contributed by atoms with van der Waals surface area (Å²) in [4.78, 5) is 7.29. The van der Waals surface area contributed by atoms with Gasteiger partial charge >= 0.3 is 10.0 Å². The lowest BCUT2D eigenvalue weighted by atomic mass is 10.7. The van der Waals surface area contributed by atoms with Crippen LogP contribution < -0.4 is 0 Å². The molecule has 7 heteroatoms. The van der Waals surface area contributed by atoms with Crippen LogP contribution in [0.2, 0.25) is 0 Å². The summed E-state index contributed by atoms with van der Waals surface area (Å²) < 4.78 is 24.2. The summed E-state index contributed by atoms with van der Waals surface area (Å²) in [5, 5.41) is 3.35. The predicted molar refractivity (Wildman–Crippen MR) is 46.8 cm³/mol. The third-order valence-electron chi connectivity index (χ3n) is 1.50. The third kappa shape index (κ3) is 1.37. The Morgan fingerprint density at radius 3 is 2.36 bits per heavy atom. The Morgan fingerprint density at radius 1 is 1.07 bits per heavy atom. The van der Waals surface area contributed by atoms with E-state index in [2.05, 4.69) is 15.1 Å². The average molecular weight is 210 g/mol. The average Bonchev–Trinajstić information content (AvgIpc) is 2.72. The van der Waals surface area contributed by atoms with Crippen molar-refractivity contribution in [3.63, 3.8) is 0 Å². The fraction of sp³-hybridized carbons (Fsp3) is 0. The molecule has 0 fully saturated rings. The van der Waals surface area contributed by atoms with E-state index in [9.17, 15) is 8.42 Å². The topological polar surface area (TPSA) is 77.7 Å². The zero-order chi connectivity index (χ0) is 10.0. The molecule has 2 aromatic rings. The zero-order valence-corrected chi connectivity index (χ0v) is 7.79. The van der Waals surface area contributed by atoms with Crippen molar-refractivity contribution in [3.8, 4) is 0 Å². The van der Waals surface area contributed by atoms with Gasteiger partial charge in [0.1, 0.15) is 0 Å². The molecule has 0 saturated carbocycles. The van der Waals surface area contributed by atoms with Crippen LogP contribution in [0.1, 0.15) is 0 Å². The van der Waals surface area contributed by atoms with E-state index in [1.54, 1.807) is 6.07 Å². The van der Waals surface area contributed by atoms with Crippen LogP contribution in [0.25, 0.3) is 0 Å². The van der Waals surface area contributed by atoms with E-state index < -0.39 is 10.0 Å². The lowest BCUT2D eigenvalue weighted by Gasteiger charge is -2.00. The number of hydrogen-bond acceptors (Lipinski definition) is 5. The summed E-state index contributed by atoms with van der Waals surface area (Å²) in [6.07, 6.45) is 5.43. The van der Waals surface area contributed by atoms with Crippen LogP contribution in [0.5, 0.6) is 0 Å². The highest BCUT2D eigenvalue weighted by atomic mass is 32.2. The van der Waals surface area contributed by atoms with Gasteiger partial charge in [-0.05, 0) is 12.1 Å². The molecule has 72 valence electrons. The summed E-state index contributed by atoms with van der Waals surface area (Å²) in [6, 6.07) is 3.06. The van der Waals surface area contributed by atoms with Gasteiger partial charge in [-0.2, -0.15) is 17.6 Å². The first-order valence-corrected chi connectivity index (χ1v) is 5.17. The molecule has 0 aliphatic carbocycles. The molecule has 0 radical (unpaired) electrons. The number of rotatable bonds is 2. The molecule has 0 aliphatic rings. The third-order valence-corrected chi connectivity index (χ3v) is 2.88. The van der Waals surface area contributed by atoms with Crippen molar-refractivity contribution in [2.24, 2.45) is 0 Å². The van der Waals surface area contributed by atoms with E-state index in [1.807, 2.05) is 0 Å². The van der Waals surface area contributed by atoms with Crippen molar-refractivity contribution < 1.29 is 8.42 Å². The van der Waals surface area contributed by atoms with E-state index >= 15 is 0 Å². The molecular weight excluding hydrogens is 204 g/mol. The molecule has 2 aromatic heterocycles. The first-order chi connectivity index (χ1) is 6.71. The molecule has 0 amide bonds. The molecule has 0 spiro atoms. The van der Waals surface area contributed by atoms with Gasteiger partial charge in [-0.3, -0.25) is 0 Å². The first kappa shape index (κ1) is 8.82. The standard InChI is InChI=1S/C7H6N4O2S/c12-14(13,11-6-2-5-10-11)7-8-3-1-4-9-7/h1-6H. The Hall–Kier alpha value is -1.76. The second-order valence-electron chi connectivity index (χ2n) is 2.42. The minimum Gasteiger partial charge on any atom is -0.225 e. The molecule has 0 aliphatic heterocycles. The van der Waals surface area contributed by atoms with Crippen molar-refractivity contribution >= 4 is 10.0 Å². The molecular formula is C7H6N4O2S. The van der Waals surface area contributed by atoms with E-state index in [0.29, 0.717) is 0 Å². The highest BCUT2D eigenvalue weighted by molar-refractivity contribution is 7.89. The van der Waals surface area contributed by atoms with Crippen molar-refractivity contribution in [1.82, 2.24) is 19.2 Å². The second-order valence-corrected chi connectivity index (χ2v) is 4.10. The Kier molecular flexibility index (Phi) is 2.01. The molecule has 2 heterocycles. The normalized spacial score (nSPS) is 11.4. The largest absolute Gasteiger partial charge is 0.318 e. The van der Waals surface area contributed by atoms with Crippen LogP contribution >= 0.6 is 0 Å². The summed E-state index contributed by atoms with van der Waals surface area (Å²) >= 11 is 0. The van der Waals surface area contributed by atoms with Gasteiger partial charge in [-0.15, -0.1) is 0 Å². The maximum Gasteiger partial charge on any atom is 0.318 e. The van der Waals surface area contributed by atoms with Gasteiger partial charge in [0.25, 0.3) is 5.16 Å². The maximum absolute atomic E-state index is 11.7. The van der Waals surface area contributed by atoms with Gasteiger partial charge < -0.3 is 0 Å². The van der Waals surface area contributed by atoms with Crippen LogP contribution in [-0.4, -0.2) is 27.6 Å². The van der Waals surface area contributed by atoms with E-state index in [4.69, 9.17) is 0 Å². The smallest absolute Gasteiger partial charge is 0.225 e. The Balaban J connectivity index is 2.55. The highest BCUT2D eigenvalue weighted by Gasteiger charge is 2.19. The van der Waals surface area contributed by atoms with Gasteiger partial charge in [-0.25, -0.2) is 9.97 Å². The lowest BCUT2D eigenvalue weighted by molar-refractivity contribution is 0.570. The summed E-state index contributed by atoms with van der Waals surface area (Å²) in [6.45, 7) is 0. The molecule has 0 atom stereocenters. The monoisotopic (exact) mass is 210 g/mol. The Morgan fingerprint density at radius 2 is 1.79 bits per heavy atom. The van der Waals surface area contributed by atoms with Crippen LogP contribution in [0, 0.1) is 0 Å². The Labute approximate surface area is 80.3 Å². The number of hydrogen-bond donors (Lipinski definition) is 0. The molecule has 6 nitrogen and oxygen atoms in total. The van der Waals surface area contributed by atoms with E-state index in [0.717, 1.165) is 4.09 Å². The quantitative estimate of drug-likeness (QED) is 0.647. The minimum absolute atomic E-state index is 0.260. The van der Waals surface area contributed by atoms with Gasteiger partial charge in [0.15, 0.2) is 0 Å². The molecule has 2 rings (SSSR count). The molecule has 0 bridgehead atoms. The fourth-order valence-corrected chi connectivity index (χ4v) is 1.86. The molecule has 14 heavy (non-hydrogen) atoms. The number of aromatic nitrogens is 4. The van der Waals surface area contributed by atoms with Crippen molar-refractivity contribution in [3.05, 3.63) is 36.9 Å². The van der Waals surface area contributed by atoms with E-state index in [1.165, 1.54) is 30.9 Å². The lowest BCUT2D eigenvalue weighted by Crippen LogP contribution is -2.16. The van der Waals surface area contributed by atoms with Crippen molar-refractivity contribution in [2.45, 2.75) is 5.16 Å². The summed E-state index contributed by atoms with van der Waals surface area (Å²) in [5.74, 6) is 0. The first-order valence-electron chi connectivity index (χ1n) is 3.73. The van der Waals surface area contributed by atoms with Crippen molar-refractivity contribution in [1.29, 1.82) is 0 Å². The molecule has 0 aromatic carbocycles. The fourth-order valence-electron chi connectivity index (χ4n) is 0.899. The van der Waals surface area contributed by atoms with Crippen LogP contribution in [-0.2, 0) is 10.0 Å². The zero-order valence-electron chi connectivity index (χ0n) is 6.98. The summed E-state index contributed by atoms with van der Waals surface area (Å²) in [5.41, 5.74) is 0. The second kappa shape index (κ2) is 3.18. The SMILES string of the molecule is O=S(=O)(c1ncccn1)n1cccn1. The predicted octanol–water partition coefficient (Wildman–Crippen LogP) is -0.0899. The van der Waals surface area contributed by atoms with Crippen LogP contribution in [0.15, 0.2) is 42.1 Å². The van der Waals surface area contributed by atoms with Crippen LogP contribution in [0.4, 0.5) is 0 Å². The van der Waals surface area contributed by atoms with Gasteiger partial charge in [0.05, 0.1) is 6.20 Å². The Bertz CT molecular complexity index is 506. The van der Waals surface area contributed by atoms with Gasteiger partial charge in [0, 0.05) is 18.6 Å². The van der Waals surface area contributed by atoms with Crippen LogP contribution in [0.3, 0.4) is 0 Å². The number of nitrogens with zero attached hydrogens (tertiary/aromatic N) is 4. The van der Waals surface area contributed by atoms with Gasteiger partial charge in [-0.1, -0.05) is 0 Å². The van der Waals surface area contributed by atoms with Gasteiger partial charge in [0.2, 0.25) is 0 Å². The molecule has 0 unspecified atom stereocenters. The summed E-state index contributed by atoms with van der Waals surface area (Å²) in [7, 11) is -3.71. The highest BCUT2D eigenvalue weighted by Crippen LogP contribution is 2.04.